The van der Waals surface area contributed by atoms with Crippen LogP contribution in [0.15, 0.2) is 107 Å². The van der Waals surface area contributed by atoms with E-state index in [0.29, 0.717) is 46.1 Å². The van der Waals surface area contributed by atoms with Crippen molar-refractivity contribution >= 4 is 38.4 Å². The molecule has 3 atom stereocenters. The number of fused-ring (bicyclic) bond motifs is 2. The predicted octanol–water partition coefficient (Wildman–Crippen LogP) is 7.21. The van der Waals surface area contributed by atoms with Gasteiger partial charge in [-0.1, -0.05) is 78.1 Å². The van der Waals surface area contributed by atoms with E-state index in [1.807, 2.05) is 48.5 Å². The highest BCUT2D eigenvalue weighted by molar-refractivity contribution is 7.91. The Hall–Kier alpha value is -6.73. The molecule has 15 heteroatoms. The van der Waals surface area contributed by atoms with E-state index in [-0.39, 0.29) is 41.0 Å². The van der Waals surface area contributed by atoms with E-state index in [4.69, 9.17) is 25.2 Å². The molecular formula is C47H43N5O8S2. The number of hydrogen-bond donors (Lipinski definition) is 3. The van der Waals surface area contributed by atoms with Crippen LogP contribution in [0.4, 0.5) is 5.13 Å². The molecule has 0 saturated heterocycles. The number of anilines is 1. The van der Waals surface area contributed by atoms with Crippen molar-refractivity contribution in [1.82, 2.24) is 14.6 Å². The number of sulfonamides is 1. The molecule has 13 nitrogen and oxygen atoms in total. The molecule has 1 aromatic heterocycles. The molecule has 6 aromatic rings. The van der Waals surface area contributed by atoms with Gasteiger partial charge in [0.1, 0.15) is 31.0 Å². The number of aryl methyl sites for hydroxylation is 3. The van der Waals surface area contributed by atoms with Gasteiger partial charge < -0.3 is 30.4 Å². The number of thiazole rings is 1. The zero-order valence-corrected chi connectivity index (χ0v) is 35.8. The van der Waals surface area contributed by atoms with E-state index in [9.17, 15) is 23.1 Å². The Morgan fingerprint density at radius 1 is 0.935 bits per heavy atom. The first-order valence-electron chi connectivity index (χ1n) is 19.9. The fourth-order valence-corrected chi connectivity index (χ4v) is 10.6. The molecule has 1 unspecified atom stereocenters. The number of nitriles is 1. The Kier molecular flexibility index (Phi) is 11.7. The maximum atomic E-state index is 14.4. The number of aromatic nitrogens is 1. The summed E-state index contributed by atoms with van der Waals surface area (Å²) in [5.74, 6) is -0.472. The summed E-state index contributed by atoms with van der Waals surface area (Å²) in [7, 11) is -4.37. The molecule has 0 radical (unpaired) electrons. The van der Waals surface area contributed by atoms with Gasteiger partial charge in [0.25, 0.3) is 10.0 Å². The number of carboxylic acids is 1. The van der Waals surface area contributed by atoms with Crippen LogP contribution in [0.25, 0.3) is 11.1 Å². The normalized spacial score (nSPS) is 16.4. The lowest BCUT2D eigenvalue weighted by Crippen LogP contribution is -2.55. The predicted molar refractivity (Wildman–Crippen MR) is 233 cm³/mol. The van der Waals surface area contributed by atoms with Crippen molar-refractivity contribution in [3.05, 3.63) is 153 Å². The van der Waals surface area contributed by atoms with Crippen molar-refractivity contribution in [2.24, 2.45) is 0 Å². The third-order valence-electron chi connectivity index (χ3n) is 11.2. The number of carbonyl (C=O) groups excluding carboxylic acids is 1. The number of rotatable bonds is 12. The molecule has 8 rings (SSSR count). The van der Waals surface area contributed by atoms with Gasteiger partial charge in [-0.2, -0.15) is 9.57 Å². The van der Waals surface area contributed by atoms with Crippen LogP contribution in [0.1, 0.15) is 56.3 Å². The number of nitrogens with zero attached hydrogens (tertiary/aromatic N) is 3. The first-order valence-corrected chi connectivity index (χ1v) is 22.1. The molecule has 0 saturated carbocycles. The van der Waals surface area contributed by atoms with Gasteiger partial charge in [-0.25, -0.2) is 18.2 Å². The number of benzene rings is 5. The summed E-state index contributed by atoms with van der Waals surface area (Å²) in [6.07, 6.45) is -0.583. The Bertz CT molecular complexity index is 2820. The van der Waals surface area contributed by atoms with Crippen molar-refractivity contribution in [3.8, 4) is 34.4 Å². The smallest absolute Gasteiger partial charge is 0.326 e. The van der Waals surface area contributed by atoms with Crippen LogP contribution >= 0.6 is 11.3 Å². The highest BCUT2D eigenvalue weighted by atomic mass is 32.2. The average Bonchev–Trinajstić information content (AvgIpc) is 3.63. The van der Waals surface area contributed by atoms with Gasteiger partial charge in [0.05, 0.1) is 17.3 Å². The van der Waals surface area contributed by atoms with Crippen LogP contribution in [0.3, 0.4) is 0 Å². The zero-order chi connectivity index (χ0) is 43.7. The summed E-state index contributed by atoms with van der Waals surface area (Å²) < 4.78 is 48.5. The highest BCUT2D eigenvalue weighted by Gasteiger charge is 2.43. The Morgan fingerprint density at radius 3 is 2.26 bits per heavy atom. The summed E-state index contributed by atoms with van der Waals surface area (Å²) in [6.45, 7) is 6.11. The van der Waals surface area contributed by atoms with Gasteiger partial charge in [-0.05, 0) is 114 Å². The topological polar surface area (TPSA) is 194 Å². The summed E-state index contributed by atoms with van der Waals surface area (Å²) in [4.78, 5) is 30.9. The lowest BCUT2D eigenvalue weighted by molar-refractivity contribution is -0.142. The SMILES string of the molecule is Cc1ccc(COc2ccc([C@H]3COc4cc5c(cc4O3)CN(S(=O)(=O)c3sc(N)nc3C)C(C(=O)N[C@@H](Cc3ccc(-c4ccc(C#N)cc4)cc3)C(=O)O)C5)cc2)cc1C. The third kappa shape index (κ3) is 8.85. The first kappa shape index (κ1) is 42.0. The molecular weight excluding hydrogens is 827 g/mol. The second-order valence-corrected chi connectivity index (χ2v) is 18.6. The maximum Gasteiger partial charge on any atom is 0.326 e. The van der Waals surface area contributed by atoms with Crippen molar-refractivity contribution < 1.29 is 37.3 Å². The lowest BCUT2D eigenvalue weighted by atomic mass is 9.94. The summed E-state index contributed by atoms with van der Waals surface area (Å²) in [5.41, 5.74) is 14.7. The number of amides is 1. The molecule has 2 aliphatic heterocycles. The van der Waals surface area contributed by atoms with E-state index in [0.717, 1.165) is 37.9 Å². The Balaban J connectivity index is 1.01. The molecule has 316 valence electrons. The number of nitrogens with one attached hydrogen (secondary N) is 1. The number of nitrogen functional groups attached to an aromatic ring is 1. The summed E-state index contributed by atoms with van der Waals surface area (Å²) in [6, 6.07) is 31.1. The van der Waals surface area contributed by atoms with Gasteiger partial charge in [0.2, 0.25) is 5.91 Å². The minimum absolute atomic E-state index is 0.0575. The fourth-order valence-electron chi connectivity index (χ4n) is 7.63. The monoisotopic (exact) mass is 869 g/mol. The van der Waals surface area contributed by atoms with E-state index in [1.54, 1.807) is 36.4 Å². The van der Waals surface area contributed by atoms with Gasteiger partial charge >= 0.3 is 5.97 Å². The number of nitrogens with two attached hydrogens (primary N) is 1. The second-order valence-electron chi connectivity index (χ2n) is 15.4. The molecule has 0 spiro atoms. The van der Waals surface area contributed by atoms with Crippen LogP contribution in [-0.2, 0) is 45.6 Å². The van der Waals surface area contributed by atoms with Gasteiger partial charge in [-0.15, -0.1) is 0 Å². The largest absolute Gasteiger partial charge is 0.489 e. The fraction of sp³-hybridized carbons (Fsp3) is 0.234. The summed E-state index contributed by atoms with van der Waals surface area (Å²) in [5, 5.41) is 22.1. The Morgan fingerprint density at radius 2 is 1.61 bits per heavy atom. The molecule has 1 amide bonds. The van der Waals surface area contributed by atoms with Crippen molar-refractivity contribution in [1.29, 1.82) is 5.26 Å². The van der Waals surface area contributed by atoms with E-state index < -0.39 is 40.1 Å². The third-order valence-corrected chi connectivity index (χ3v) is 14.6. The molecule has 0 fully saturated rings. The summed E-state index contributed by atoms with van der Waals surface area (Å²) >= 11 is 0.800. The lowest BCUT2D eigenvalue weighted by Gasteiger charge is -2.36. The van der Waals surface area contributed by atoms with Crippen LogP contribution in [0.2, 0.25) is 0 Å². The van der Waals surface area contributed by atoms with Crippen molar-refractivity contribution in [2.75, 3.05) is 12.3 Å². The minimum Gasteiger partial charge on any atom is -0.489 e. The van der Waals surface area contributed by atoms with E-state index in [1.165, 1.54) is 18.1 Å². The molecule has 4 N–H and O–H groups in total. The van der Waals surface area contributed by atoms with Crippen LogP contribution in [0, 0.1) is 32.1 Å². The number of hydrogen-bond acceptors (Lipinski definition) is 11. The van der Waals surface area contributed by atoms with Crippen molar-refractivity contribution in [3.63, 3.8) is 0 Å². The zero-order valence-electron chi connectivity index (χ0n) is 34.1. The van der Waals surface area contributed by atoms with E-state index in [2.05, 4.69) is 48.4 Å². The molecule has 3 heterocycles. The van der Waals surface area contributed by atoms with Crippen LogP contribution in [-0.4, -0.2) is 53.4 Å². The highest BCUT2D eigenvalue weighted by Crippen LogP contribution is 2.42. The van der Waals surface area contributed by atoms with E-state index >= 15 is 0 Å². The van der Waals surface area contributed by atoms with Crippen molar-refractivity contribution in [2.45, 2.75) is 69.2 Å². The van der Waals surface area contributed by atoms with Gasteiger partial charge in [0.15, 0.2) is 26.9 Å². The average molecular weight is 870 g/mol. The second kappa shape index (κ2) is 17.3. The number of ether oxygens (including phenoxy) is 3. The molecule has 62 heavy (non-hydrogen) atoms. The van der Waals surface area contributed by atoms with Gasteiger partial charge in [0, 0.05) is 13.0 Å². The Labute approximate surface area is 363 Å². The number of carboxylic acid groups (broad SMARTS) is 1. The van der Waals surface area contributed by atoms with Crippen LogP contribution < -0.4 is 25.3 Å². The standard InChI is InChI=1S/C47H43N5O8S2/c1-27-4-5-32(18-28(27)2)25-58-38-16-14-35(15-17-38)43-26-59-41-21-36-20-40(52(24-37(36)22-42(41)60-43)62(56,57)46-29(3)50-47(49)61-46)44(53)51-39(45(54)55)19-30-6-10-33(11-7-30)34-12-8-31(23-48)9-13-34/h4-18,21-22,39-40,43H,19-20,24-26H2,1-3H3,(H2,49,50)(H,51,53)(H,54,55)/t39-,40?,43+/m0/s1. The quantitative estimate of drug-likeness (QED) is 0.113. The van der Waals surface area contributed by atoms with Gasteiger partial charge in [-0.3, -0.25) is 4.79 Å². The van der Waals surface area contributed by atoms with Crippen LogP contribution in [0.5, 0.6) is 17.2 Å². The minimum atomic E-state index is -4.37. The number of aliphatic carboxylic acids is 1. The molecule has 2 aliphatic rings. The molecule has 0 aliphatic carbocycles. The maximum absolute atomic E-state index is 14.4. The molecule has 5 aromatic carbocycles. The molecule has 0 bridgehead atoms. The number of carbonyl (C=O) groups is 2. The first-order chi connectivity index (χ1) is 29.7.